The Balaban J connectivity index is 1.55. The molecule has 130 valence electrons. The van der Waals surface area contributed by atoms with E-state index in [2.05, 4.69) is 10.1 Å². The molecule has 0 saturated carbocycles. The summed E-state index contributed by atoms with van der Waals surface area (Å²) in [5.74, 6) is -0.300. The average Bonchev–Trinajstić information content (AvgIpc) is 3.22. The third kappa shape index (κ3) is 3.82. The number of aromatic nitrogens is 2. The van der Waals surface area contributed by atoms with Crippen molar-refractivity contribution in [3.8, 4) is 17.2 Å². The third-order valence-electron chi connectivity index (χ3n) is 3.61. The molecule has 0 N–H and O–H groups in total. The largest absolute Gasteiger partial charge is 0.497 e. The fourth-order valence-electron chi connectivity index (χ4n) is 2.28. The van der Waals surface area contributed by atoms with Crippen LogP contribution in [0.2, 0.25) is 0 Å². The lowest BCUT2D eigenvalue weighted by molar-refractivity contribution is -0.153. The van der Waals surface area contributed by atoms with E-state index in [1.54, 1.807) is 31.4 Å². The number of hydrogen-bond donors (Lipinski definition) is 0. The van der Waals surface area contributed by atoms with E-state index in [1.807, 2.05) is 0 Å². The number of carbonyl (C=O) groups is 3. The Hall–Kier alpha value is -3.23. The number of carbonyl (C=O) groups excluding carboxylic acids is 3. The maximum atomic E-state index is 11.7. The van der Waals surface area contributed by atoms with Gasteiger partial charge in [-0.05, 0) is 24.3 Å². The number of imide groups is 1. The van der Waals surface area contributed by atoms with E-state index in [-0.39, 0.29) is 43.0 Å². The van der Waals surface area contributed by atoms with Crippen LogP contribution in [0.4, 0.5) is 0 Å². The van der Waals surface area contributed by atoms with Crippen molar-refractivity contribution in [2.24, 2.45) is 0 Å². The maximum absolute atomic E-state index is 11.7. The van der Waals surface area contributed by atoms with E-state index < -0.39 is 12.5 Å². The fraction of sp³-hybridized carbons (Fsp3) is 0.312. The van der Waals surface area contributed by atoms with Crippen molar-refractivity contribution in [3.05, 3.63) is 30.1 Å². The summed E-state index contributed by atoms with van der Waals surface area (Å²) in [5.41, 5.74) is 0.694. The van der Waals surface area contributed by atoms with E-state index in [9.17, 15) is 14.4 Å². The van der Waals surface area contributed by atoms with Gasteiger partial charge in [-0.3, -0.25) is 19.3 Å². The van der Waals surface area contributed by atoms with Crippen LogP contribution in [-0.2, 0) is 25.7 Å². The van der Waals surface area contributed by atoms with Crippen LogP contribution in [0, 0.1) is 0 Å². The van der Waals surface area contributed by atoms with Gasteiger partial charge in [0, 0.05) is 18.4 Å². The first-order valence-corrected chi connectivity index (χ1v) is 7.52. The summed E-state index contributed by atoms with van der Waals surface area (Å²) in [5, 5.41) is 3.73. The van der Waals surface area contributed by atoms with Crippen molar-refractivity contribution in [1.82, 2.24) is 15.0 Å². The van der Waals surface area contributed by atoms with E-state index in [4.69, 9.17) is 14.0 Å². The van der Waals surface area contributed by atoms with Crippen molar-refractivity contribution in [2.45, 2.75) is 19.4 Å². The second-order valence-corrected chi connectivity index (χ2v) is 5.28. The molecule has 1 aromatic heterocycles. The second kappa shape index (κ2) is 7.12. The summed E-state index contributed by atoms with van der Waals surface area (Å²) in [6.07, 6.45) is 0.254. The van der Waals surface area contributed by atoms with Gasteiger partial charge in [0.05, 0.1) is 7.11 Å². The van der Waals surface area contributed by atoms with Gasteiger partial charge in [-0.25, -0.2) is 0 Å². The van der Waals surface area contributed by atoms with Crippen LogP contribution in [-0.4, -0.2) is 46.5 Å². The molecule has 0 atom stereocenters. The van der Waals surface area contributed by atoms with Gasteiger partial charge in [-0.15, -0.1) is 0 Å². The molecule has 1 aromatic carbocycles. The molecule has 1 aliphatic rings. The average molecular weight is 345 g/mol. The zero-order chi connectivity index (χ0) is 17.8. The number of methoxy groups -OCH3 is 1. The molecule has 0 unspecified atom stereocenters. The summed E-state index contributed by atoms with van der Waals surface area (Å²) in [7, 11) is 1.57. The van der Waals surface area contributed by atoms with Crippen molar-refractivity contribution in [2.75, 3.05) is 13.7 Å². The first-order chi connectivity index (χ1) is 12.1. The maximum Gasteiger partial charge on any atom is 0.326 e. The Morgan fingerprint density at radius 2 is 1.88 bits per heavy atom. The summed E-state index contributed by atoms with van der Waals surface area (Å²) in [4.78, 5) is 39.7. The van der Waals surface area contributed by atoms with Crippen molar-refractivity contribution in [1.29, 1.82) is 0 Å². The lowest BCUT2D eigenvalue weighted by Gasteiger charge is -2.11. The molecule has 9 nitrogen and oxygen atoms in total. The van der Waals surface area contributed by atoms with Crippen molar-refractivity contribution >= 4 is 17.8 Å². The number of likely N-dealkylation sites (tertiary alicyclic amines) is 1. The minimum absolute atomic E-state index is 0.127. The highest BCUT2D eigenvalue weighted by atomic mass is 16.5. The number of nitrogens with zero attached hydrogens (tertiary/aromatic N) is 3. The Morgan fingerprint density at radius 1 is 1.20 bits per heavy atom. The predicted molar refractivity (Wildman–Crippen MR) is 82.0 cm³/mol. The predicted octanol–water partition coefficient (Wildman–Crippen LogP) is 0.937. The molecular weight excluding hydrogens is 330 g/mol. The Morgan fingerprint density at radius 3 is 2.52 bits per heavy atom. The number of hydrogen-bond acceptors (Lipinski definition) is 8. The highest BCUT2D eigenvalue weighted by Crippen LogP contribution is 2.20. The molecule has 1 saturated heterocycles. The van der Waals surface area contributed by atoms with Crippen LogP contribution in [0.25, 0.3) is 11.5 Å². The zero-order valence-corrected chi connectivity index (χ0v) is 13.4. The lowest BCUT2D eigenvalue weighted by atomic mass is 10.2. The van der Waals surface area contributed by atoms with Crippen LogP contribution in [0.3, 0.4) is 0 Å². The van der Waals surface area contributed by atoms with Crippen LogP contribution < -0.4 is 4.74 Å². The van der Waals surface area contributed by atoms with E-state index in [1.165, 1.54) is 0 Å². The molecule has 1 aliphatic heterocycles. The Kier molecular flexibility index (Phi) is 4.73. The molecule has 2 aromatic rings. The first-order valence-electron chi connectivity index (χ1n) is 7.52. The molecule has 0 bridgehead atoms. The van der Waals surface area contributed by atoms with Gasteiger partial charge in [0.2, 0.25) is 17.6 Å². The molecule has 0 radical (unpaired) electrons. The standard InChI is InChI=1S/C16H15N3O6/c1-23-11-4-2-10(3-5-11)16-17-12(18-25-16)9-24-15(22)8-19-13(20)6-7-14(19)21/h2-5H,6-9H2,1H3. The monoisotopic (exact) mass is 345 g/mol. The van der Waals surface area contributed by atoms with E-state index in [0.717, 1.165) is 4.90 Å². The van der Waals surface area contributed by atoms with Crippen LogP contribution in [0.5, 0.6) is 5.75 Å². The number of ether oxygens (including phenoxy) is 2. The summed E-state index contributed by atoms with van der Waals surface area (Å²) < 4.78 is 15.2. The van der Waals surface area contributed by atoms with Gasteiger partial charge in [-0.2, -0.15) is 4.98 Å². The molecule has 2 amide bonds. The van der Waals surface area contributed by atoms with Crippen LogP contribution in [0.1, 0.15) is 18.7 Å². The quantitative estimate of drug-likeness (QED) is 0.561. The zero-order valence-electron chi connectivity index (χ0n) is 13.4. The van der Waals surface area contributed by atoms with E-state index in [0.29, 0.717) is 11.3 Å². The molecule has 1 fully saturated rings. The molecule has 3 rings (SSSR count). The normalized spacial score (nSPS) is 14.0. The van der Waals surface area contributed by atoms with Gasteiger partial charge in [0.1, 0.15) is 12.3 Å². The van der Waals surface area contributed by atoms with Crippen molar-refractivity contribution in [3.63, 3.8) is 0 Å². The van der Waals surface area contributed by atoms with Crippen LogP contribution >= 0.6 is 0 Å². The first kappa shape index (κ1) is 16.6. The smallest absolute Gasteiger partial charge is 0.326 e. The molecule has 0 aliphatic carbocycles. The molecule has 0 spiro atoms. The van der Waals surface area contributed by atoms with Gasteiger partial charge in [0.15, 0.2) is 6.61 Å². The molecule has 2 heterocycles. The molecular formula is C16H15N3O6. The SMILES string of the molecule is COc1ccc(-c2nc(COC(=O)CN3C(=O)CCC3=O)no2)cc1. The Bertz CT molecular complexity index is 782. The minimum Gasteiger partial charge on any atom is -0.497 e. The van der Waals surface area contributed by atoms with Gasteiger partial charge >= 0.3 is 5.97 Å². The topological polar surface area (TPSA) is 112 Å². The summed E-state index contributed by atoms with van der Waals surface area (Å²) in [6.45, 7) is -0.616. The van der Waals surface area contributed by atoms with Gasteiger partial charge < -0.3 is 14.0 Å². The van der Waals surface area contributed by atoms with Gasteiger partial charge in [0.25, 0.3) is 5.89 Å². The molecule has 9 heteroatoms. The van der Waals surface area contributed by atoms with Gasteiger partial charge in [-0.1, -0.05) is 5.16 Å². The Labute approximate surface area is 142 Å². The number of benzene rings is 1. The summed E-state index contributed by atoms with van der Waals surface area (Å²) in [6, 6.07) is 7.02. The number of esters is 1. The molecule has 25 heavy (non-hydrogen) atoms. The summed E-state index contributed by atoms with van der Waals surface area (Å²) >= 11 is 0. The third-order valence-corrected chi connectivity index (χ3v) is 3.61. The minimum atomic E-state index is -0.709. The number of rotatable bonds is 6. The lowest BCUT2D eigenvalue weighted by Crippen LogP contribution is -2.35. The van der Waals surface area contributed by atoms with Crippen molar-refractivity contribution < 1.29 is 28.4 Å². The fourth-order valence-corrected chi connectivity index (χ4v) is 2.28. The number of amides is 2. The van der Waals surface area contributed by atoms with Crippen LogP contribution in [0.15, 0.2) is 28.8 Å². The highest BCUT2D eigenvalue weighted by molar-refractivity contribution is 6.04. The van der Waals surface area contributed by atoms with E-state index >= 15 is 0 Å². The highest BCUT2D eigenvalue weighted by Gasteiger charge is 2.31. The second-order valence-electron chi connectivity index (χ2n) is 5.28.